The van der Waals surface area contributed by atoms with Crippen molar-refractivity contribution in [1.82, 2.24) is 0 Å². The number of benzene rings is 3. The van der Waals surface area contributed by atoms with Crippen LogP contribution in [0, 0.1) is 6.92 Å². The Morgan fingerprint density at radius 2 is 1.39 bits per heavy atom. The highest BCUT2D eigenvalue weighted by atomic mass is 16.5. The largest absolute Gasteiger partial charge is 0.457 e. The number of aliphatic hydroxyl groups excluding tert-OH is 1. The molecule has 3 rings (SSSR count). The second-order valence-electron chi connectivity index (χ2n) is 5.63. The zero-order valence-electron chi connectivity index (χ0n) is 13.1. The molecule has 0 radical (unpaired) electrons. The van der Waals surface area contributed by atoms with E-state index in [1.807, 2.05) is 66.7 Å². The summed E-state index contributed by atoms with van der Waals surface area (Å²) in [6.45, 7) is 2.07. The summed E-state index contributed by atoms with van der Waals surface area (Å²) in [6.07, 6.45) is 0.104. The maximum atomic E-state index is 10.4. The standard InChI is InChI=1S/C21H20O2/c1-16-7-5-6-8-18(16)15-21(22)17-11-13-20(14-12-17)23-19-9-3-2-4-10-19/h2-14,21-22H,15H2,1H3. The van der Waals surface area contributed by atoms with Gasteiger partial charge in [-0.15, -0.1) is 0 Å². The van der Waals surface area contributed by atoms with Gasteiger partial charge in [-0.2, -0.15) is 0 Å². The minimum atomic E-state index is -0.512. The molecule has 0 aromatic heterocycles. The molecule has 0 amide bonds. The summed E-state index contributed by atoms with van der Waals surface area (Å²) in [5.74, 6) is 1.57. The van der Waals surface area contributed by atoms with E-state index in [1.165, 1.54) is 11.1 Å². The van der Waals surface area contributed by atoms with Gasteiger partial charge in [0.2, 0.25) is 0 Å². The number of hydrogen-bond donors (Lipinski definition) is 1. The first kappa shape index (κ1) is 15.3. The van der Waals surface area contributed by atoms with Gasteiger partial charge in [0.15, 0.2) is 0 Å². The topological polar surface area (TPSA) is 29.5 Å². The number of aliphatic hydroxyl groups is 1. The van der Waals surface area contributed by atoms with E-state index < -0.39 is 6.10 Å². The molecule has 3 aromatic rings. The van der Waals surface area contributed by atoms with Crippen molar-refractivity contribution in [3.8, 4) is 11.5 Å². The molecule has 3 aromatic carbocycles. The van der Waals surface area contributed by atoms with Crippen molar-refractivity contribution >= 4 is 0 Å². The van der Waals surface area contributed by atoms with Gasteiger partial charge in [-0.1, -0.05) is 54.6 Å². The van der Waals surface area contributed by atoms with Gasteiger partial charge in [-0.3, -0.25) is 0 Å². The molecule has 116 valence electrons. The van der Waals surface area contributed by atoms with Crippen LogP contribution in [0.25, 0.3) is 0 Å². The molecule has 0 aliphatic rings. The smallest absolute Gasteiger partial charge is 0.127 e. The number of hydrogen-bond acceptors (Lipinski definition) is 2. The Labute approximate surface area is 137 Å². The lowest BCUT2D eigenvalue weighted by Crippen LogP contribution is -2.03. The number of rotatable bonds is 5. The molecule has 1 unspecified atom stereocenters. The quantitative estimate of drug-likeness (QED) is 0.713. The number of para-hydroxylation sites is 1. The van der Waals surface area contributed by atoms with Crippen molar-refractivity contribution in [2.45, 2.75) is 19.4 Å². The molecule has 0 aliphatic carbocycles. The van der Waals surface area contributed by atoms with Gasteiger partial charge < -0.3 is 9.84 Å². The zero-order valence-corrected chi connectivity index (χ0v) is 13.1. The van der Waals surface area contributed by atoms with Gasteiger partial charge in [-0.25, -0.2) is 0 Å². The van der Waals surface area contributed by atoms with Gasteiger partial charge in [-0.05, 0) is 47.9 Å². The predicted octanol–water partition coefficient (Wildman–Crippen LogP) is 5.06. The van der Waals surface area contributed by atoms with E-state index in [0.717, 1.165) is 17.1 Å². The maximum absolute atomic E-state index is 10.4. The first-order valence-electron chi connectivity index (χ1n) is 7.78. The van der Waals surface area contributed by atoms with Crippen molar-refractivity contribution in [3.05, 3.63) is 95.6 Å². The molecule has 23 heavy (non-hydrogen) atoms. The second-order valence-corrected chi connectivity index (χ2v) is 5.63. The van der Waals surface area contributed by atoms with E-state index in [9.17, 15) is 5.11 Å². The van der Waals surface area contributed by atoms with Gasteiger partial charge in [0.05, 0.1) is 6.10 Å². The Bertz CT molecular complexity index is 748. The molecule has 0 saturated carbocycles. The van der Waals surface area contributed by atoms with Crippen LogP contribution in [0.5, 0.6) is 11.5 Å². The number of aryl methyl sites for hydroxylation is 1. The summed E-state index contributed by atoms with van der Waals surface area (Å²) >= 11 is 0. The van der Waals surface area contributed by atoms with Crippen LogP contribution < -0.4 is 4.74 Å². The lowest BCUT2D eigenvalue weighted by Gasteiger charge is -2.13. The highest BCUT2D eigenvalue weighted by Gasteiger charge is 2.10. The first-order valence-corrected chi connectivity index (χ1v) is 7.78. The Kier molecular flexibility index (Phi) is 4.74. The van der Waals surface area contributed by atoms with Gasteiger partial charge in [0.25, 0.3) is 0 Å². The fraction of sp³-hybridized carbons (Fsp3) is 0.143. The van der Waals surface area contributed by atoms with Crippen molar-refractivity contribution in [3.63, 3.8) is 0 Å². The second kappa shape index (κ2) is 7.12. The molecule has 0 heterocycles. The monoisotopic (exact) mass is 304 g/mol. The van der Waals surface area contributed by atoms with Gasteiger partial charge in [0.1, 0.15) is 11.5 Å². The summed E-state index contributed by atoms with van der Waals surface area (Å²) in [7, 11) is 0. The third-order valence-corrected chi connectivity index (χ3v) is 3.92. The van der Waals surface area contributed by atoms with E-state index in [2.05, 4.69) is 19.1 Å². The van der Waals surface area contributed by atoms with Gasteiger partial charge in [0, 0.05) is 6.42 Å². The average Bonchev–Trinajstić information content (AvgIpc) is 2.58. The normalized spacial score (nSPS) is 11.9. The van der Waals surface area contributed by atoms with E-state index in [0.29, 0.717) is 6.42 Å². The minimum Gasteiger partial charge on any atom is -0.457 e. The molecular weight excluding hydrogens is 284 g/mol. The molecular formula is C21H20O2. The Balaban J connectivity index is 1.68. The van der Waals surface area contributed by atoms with Gasteiger partial charge >= 0.3 is 0 Å². The van der Waals surface area contributed by atoms with Crippen molar-refractivity contribution in [2.75, 3.05) is 0 Å². The summed E-state index contributed by atoms with van der Waals surface area (Å²) in [6, 6.07) is 25.4. The predicted molar refractivity (Wildman–Crippen MR) is 92.8 cm³/mol. The van der Waals surface area contributed by atoms with Crippen LogP contribution in [-0.2, 0) is 6.42 Å². The summed E-state index contributed by atoms with van der Waals surface area (Å²) in [5, 5.41) is 10.4. The maximum Gasteiger partial charge on any atom is 0.127 e. The van der Waals surface area contributed by atoms with E-state index in [-0.39, 0.29) is 0 Å². The molecule has 0 fully saturated rings. The Hall–Kier alpha value is -2.58. The third kappa shape index (κ3) is 3.99. The minimum absolute atomic E-state index is 0.512. The van der Waals surface area contributed by atoms with E-state index in [4.69, 9.17) is 4.74 Å². The van der Waals surface area contributed by atoms with Crippen molar-refractivity contribution in [2.24, 2.45) is 0 Å². The summed E-state index contributed by atoms with van der Waals surface area (Å²) in [4.78, 5) is 0. The van der Waals surface area contributed by atoms with E-state index in [1.54, 1.807) is 0 Å². The molecule has 1 N–H and O–H groups in total. The van der Waals surface area contributed by atoms with E-state index >= 15 is 0 Å². The molecule has 0 aliphatic heterocycles. The molecule has 0 saturated heterocycles. The molecule has 0 bridgehead atoms. The number of ether oxygens (including phenoxy) is 1. The SMILES string of the molecule is Cc1ccccc1CC(O)c1ccc(Oc2ccccc2)cc1. The molecule has 0 spiro atoms. The lowest BCUT2D eigenvalue weighted by atomic mass is 9.98. The summed E-state index contributed by atoms with van der Waals surface area (Å²) in [5.41, 5.74) is 3.27. The molecule has 2 nitrogen and oxygen atoms in total. The van der Waals surface area contributed by atoms with Crippen molar-refractivity contribution < 1.29 is 9.84 Å². The van der Waals surface area contributed by atoms with Crippen LogP contribution in [0.1, 0.15) is 22.8 Å². The summed E-state index contributed by atoms with van der Waals surface area (Å²) < 4.78 is 5.77. The van der Waals surface area contributed by atoms with Crippen molar-refractivity contribution in [1.29, 1.82) is 0 Å². The van der Waals surface area contributed by atoms with Crippen LogP contribution in [0.4, 0.5) is 0 Å². The Morgan fingerprint density at radius 1 is 0.783 bits per heavy atom. The zero-order chi connectivity index (χ0) is 16.1. The molecule has 1 atom stereocenters. The fourth-order valence-electron chi connectivity index (χ4n) is 2.55. The highest BCUT2D eigenvalue weighted by molar-refractivity contribution is 5.34. The van der Waals surface area contributed by atoms with Crippen LogP contribution in [0.2, 0.25) is 0 Å². The third-order valence-electron chi connectivity index (χ3n) is 3.92. The van der Waals surface area contributed by atoms with Crippen LogP contribution in [0.3, 0.4) is 0 Å². The van der Waals surface area contributed by atoms with Crippen LogP contribution in [-0.4, -0.2) is 5.11 Å². The van der Waals surface area contributed by atoms with Crippen LogP contribution >= 0.6 is 0 Å². The average molecular weight is 304 g/mol. The molecule has 2 heteroatoms. The first-order chi connectivity index (χ1) is 11.2. The Morgan fingerprint density at radius 3 is 2.09 bits per heavy atom. The fourth-order valence-corrected chi connectivity index (χ4v) is 2.55. The lowest BCUT2D eigenvalue weighted by molar-refractivity contribution is 0.178. The highest BCUT2D eigenvalue weighted by Crippen LogP contribution is 2.25. The van der Waals surface area contributed by atoms with Crippen LogP contribution in [0.15, 0.2) is 78.9 Å².